The molecule has 5 nitrogen and oxygen atoms in total. The molecule has 0 saturated carbocycles. The first-order valence-corrected chi connectivity index (χ1v) is 5.85. The number of cyclic esters (lactones) is 1. The number of methoxy groups -OCH3 is 1. The van der Waals surface area contributed by atoms with Gasteiger partial charge in [-0.1, -0.05) is 0 Å². The van der Waals surface area contributed by atoms with E-state index in [-0.39, 0.29) is 30.8 Å². The maximum Gasteiger partial charge on any atom is 0.308 e. The lowest BCUT2D eigenvalue weighted by Crippen LogP contribution is -2.41. The second kappa shape index (κ2) is 5.41. The van der Waals surface area contributed by atoms with Crippen molar-refractivity contribution in [2.75, 3.05) is 13.7 Å². The van der Waals surface area contributed by atoms with Gasteiger partial charge in [-0.3, -0.25) is 4.79 Å². The highest BCUT2D eigenvalue weighted by atomic mass is 31.0. The van der Waals surface area contributed by atoms with Crippen LogP contribution in [0.4, 0.5) is 0 Å². The Morgan fingerprint density at radius 2 is 2.31 bits per heavy atom. The number of carbonyl (C=O) groups excluding carboxylic acids is 1. The number of hydrogen-bond acceptors (Lipinski definition) is 5. The highest BCUT2D eigenvalue weighted by Crippen LogP contribution is 2.28. The van der Waals surface area contributed by atoms with Crippen LogP contribution in [0.2, 0.25) is 0 Å². The van der Waals surface area contributed by atoms with E-state index in [0.717, 1.165) is 0 Å². The molecule has 0 aliphatic carbocycles. The molecule has 0 aromatic heterocycles. The maximum atomic E-state index is 11.2. The number of aliphatic hydroxyl groups is 1. The third-order valence-electron chi connectivity index (χ3n) is 2.56. The molecule has 0 amide bonds. The van der Waals surface area contributed by atoms with Gasteiger partial charge in [-0.2, -0.15) is 0 Å². The summed E-state index contributed by atoms with van der Waals surface area (Å²) in [6, 6.07) is 0. The lowest BCUT2D eigenvalue weighted by Gasteiger charge is -2.30. The molecule has 4 atom stereocenters. The highest BCUT2D eigenvalue weighted by molar-refractivity contribution is 7.17. The molecule has 0 aromatic rings. The van der Waals surface area contributed by atoms with Crippen molar-refractivity contribution in [2.24, 2.45) is 0 Å². The Hall–Kier alpha value is -0.220. The molecule has 94 valence electrons. The van der Waals surface area contributed by atoms with Gasteiger partial charge < -0.3 is 19.3 Å². The zero-order valence-corrected chi connectivity index (χ0v) is 11.0. The predicted molar refractivity (Wildman–Crippen MR) is 61.0 cm³/mol. The molecule has 0 spiro atoms. The molecular weight excluding hydrogens is 231 g/mol. The van der Waals surface area contributed by atoms with E-state index in [1.165, 1.54) is 7.11 Å². The van der Waals surface area contributed by atoms with Crippen molar-refractivity contribution in [3.05, 3.63) is 0 Å². The first-order valence-electron chi connectivity index (χ1n) is 5.18. The van der Waals surface area contributed by atoms with Crippen molar-refractivity contribution < 1.29 is 24.1 Å². The number of hydrogen-bond donors (Lipinski definition) is 1. The minimum atomic E-state index is -0.767. The minimum Gasteiger partial charge on any atom is -0.459 e. The summed E-state index contributed by atoms with van der Waals surface area (Å²) in [6.07, 6.45) is -0.614. The Balaban J connectivity index is 2.66. The van der Waals surface area contributed by atoms with Crippen LogP contribution in [0.15, 0.2) is 0 Å². The van der Waals surface area contributed by atoms with Crippen molar-refractivity contribution in [1.29, 1.82) is 0 Å². The van der Waals surface area contributed by atoms with Gasteiger partial charge in [0.2, 0.25) is 0 Å². The van der Waals surface area contributed by atoms with Gasteiger partial charge in [0.1, 0.15) is 12.2 Å². The van der Waals surface area contributed by atoms with Crippen molar-refractivity contribution in [2.45, 2.75) is 43.9 Å². The summed E-state index contributed by atoms with van der Waals surface area (Å²) in [5.41, 5.74) is -0.218. The summed E-state index contributed by atoms with van der Waals surface area (Å²) in [4.78, 5) is 11.2. The summed E-state index contributed by atoms with van der Waals surface area (Å²) in [5, 5.41) is 9.06. The van der Waals surface area contributed by atoms with Gasteiger partial charge >= 0.3 is 5.97 Å². The molecule has 1 unspecified atom stereocenters. The topological polar surface area (TPSA) is 65.0 Å². The van der Waals surface area contributed by atoms with E-state index < -0.39 is 11.9 Å². The van der Waals surface area contributed by atoms with Gasteiger partial charge in [-0.15, -0.1) is 9.24 Å². The fourth-order valence-electron chi connectivity index (χ4n) is 1.54. The monoisotopic (exact) mass is 250 g/mol. The van der Waals surface area contributed by atoms with Crippen LogP contribution < -0.4 is 0 Å². The van der Waals surface area contributed by atoms with Crippen LogP contribution in [0, 0.1) is 0 Å². The average Bonchev–Trinajstić information content (AvgIpc) is 2.57. The number of rotatable bonds is 5. The number of carbonyl (C=O) groups is 1. The van der Waals surface area contributed by atoms with Gasteiger partial charge in [0, 0.05) is 12.8 Å². The molecule has 1 rings (SSSR count). The van der Waals surface area contributed by atoms with Gasteiger partial charge in [-0.05, 0) is 13.8 Å². The van der Waals surface area contributed by atoms with Crippen LogP contribution in [-0.4, -0.2) is 48.4 Å². The van der Waals surface area contributed by atoms with E-state index in [4.69, 9.17) is 19.3 Å². The third kappa shape index (κ3) is 3.39. The number of esters is 1. The van der Waals surface area contributed by atoms with Crippen molar-refractivity contribution in [3.8, 4) is 0 Å². The first kappa shape index (κ1) is 13.8. The number of aliphatic hydroxyl groups excluding tert-OH is 1. The van der Waals surface area contributed by atoms with Gasteiger partial charge in [0.15, 0.2) is 5.79 Å². The Labute approximate surface area is 97.6 Å². The minimum absolute atomic E-state index is 0.0735. The fraction of sp³-hybridized carbons (Fsp3) is 0.900. The zero-order valence-electron chi connectivity index (χ0n) is 9.80. The van der Waals surface area contributed by atoms with Crippen LogP contribution >= 0.6 is 9.24 Å². The van der Waals surface area contributed by atoms with Crippen LogP contribution in [0.5, 0.6) is 0 Å². The van der Waals surface area contributed by atoms with E-state index in [9.17, 15) is 4.79 Å². The number of ether oxygens (including phenoxy) is 3. The highest BCUT2D eigenvalue weighted by Gasteiger charge is 2.41. The molecule has 6 heteroatoms. The van der Waals surface area contributed by atoms with E-state index in [0.29, 0.717) is 0 Å². The Morgan fingerprint density at radius 1 is 1.69 bits per heavy atom. The van der Waals surface area contributed by atoms with Gasteiger partial charge in [-0.25, -0.2) is 0 Å². The summed E-state index contributed by atoms with van der Waals surface area (Å²) in [5.74, 6) is -1.07. The van der Waals surface area contributed by atoms with E-state index >= 15 is 0 Å². The quantitative estimate of drug-likeness (QED) is 0.432. The molecule has 0 radical (unpaired) electrons. The van der Waals surface area contributed by atoms with Gasteiger partial charge in [0.05, 0.1) is 13.0 Å². The predicted octanol–water partition coefficient (Wildman–Crippen LogP) is 0.306. The molecule has 0 aromatic carbocycles. The molecule has 1 heterocycles. The second-order valence-corrected chi connectivity index (χ2v) is 5.12. The first-order chi connectivity index (χ1) is 7.39. The summed E-state index contributed by atoms with van der Waals surface area (Å²) in [6.45, 7) is 3.46. The molecule has 1 aliphatic rings. The lowest BCUT2D eigenvalue weighted by molar-refractivity contribution is -0.231. The van der Waals surface area contributed by atoms with E-state index in [2.05, 4.69) is 9.24 Å². The largest absolute Gasteiger partial charge is 0.459 e. The van der Waals surface area contributed by atoms with Crippen molar-refractivity contribution in [1.82, 2.24) is 0 Å². The molecule has 1 N–H and O–H groups in total. The molecule has 1 fully saturated rings. The molecule has 16 heavy (non-hydrogen) atoms. The summed E-state index contributed by atoms with van der Waals surface area (Å²) in [7, 11) is 3.99. The van der Waals surface area contributed by atoms with Crippen molar-refractivity contribution in [3.63, 3.8) is 0 Å². The summed E-state index contributed by atoms with van der Waals surface area (Å²) < 4.78 is 15.9. The molecule has 0 bridgehead atoms. The third-order valence-corrected chi connectivity index (χ3v) is 3.15. The smallest absolute Gasteiger partial charge is 0.308 e. The molecule has 1 saturated heterocycles. The standard InChI is InChI=1S/C10H19O5P/c1-10(2,13-3)15-6-4-8(12)14-9(6)7(16)5-11/h6-7,9,11H,4-5,16H2,1-3H3/t6-,7+,9+/m1/s1. The van der Waals surface area contributed by atoms with E-state index in [1.54, 1.807) is 13.8 Å². The average molecular weight is 250 g/mol. The summed E-state index contributed by atoms with van der Waals surface area (Å²) >= 11 is 0. The Bertz CT molecular complexity index is 256. The maximum absolute atomic E-state index is 11.2. The molecular formula is C10H19O5P. The zero-order chi connectivity index (χ0) is 12.3. The SMILES string of the molecule is COC(C)(C)O[C@@H]1CC(=O)O[C@@H]1[C@@H](P)CO. The van der Waals surface area contributed by atoms with Gasteiger partial charge in [0.25, 0.3) is 0 Å². The normalized spacial score (nSPS) is 27.9. The van der Waals surface area contributed by atoms with Crippen LogP contribution in [0.1, 0.15) is 20.3 Å². The van der Waals surface area contributed by atoms with Crippen LogP contribution in [-0.2, 0) is 19.0 Å². The van der Waals surface area contributed by atoms with Crippen molar-refractivity contribution >= 4 is 15.2 Å². The Morgan fingerprint density at radius 3 is 2.81 bits per heavy atom. The van der Waals surface area contributed by atoms with Crippen LogP contribution in [0.3, 0.4) is 0 Å². The fourth-order valence-corrected chi connectivity index (χ4v) is 1.87. The molecule has 1 aliphatic heterocycles. The second-order valence-electron chi connectivity index (χ2n) is 4.27. The Kier molecular flexibility index (Phi) is 4.68. The van der Waals surface area contributed by atoms with Crippen LogP contribution in [0.25, 0.3) is 0 Å². The lowest BCUT2D eigenvalue weighted by atomic mass is 10.1. The van der Waals surface area contributed by atoms with E-state index in [1.807, 2.05) is 0 Å².